The fourth-order valence-corrected chi connectivity index (χ4v) is 2.41. The monoisotopic (exact) mass is 365 g/mol. The first-order chi connectivity index (χ1) is 11.1. The van der Waals surface area contributed by atoms with Crippen LogP contribution in [-0.2, 0) is 12.4 Å². The van der Waals surface area contributed by atoms with Gasteiger partial charge in [-0.2, -0.15) is 26.3 Å². The van der Waals surface area contributed by atoms with Crippen molar-refractivity contribution < 1.29 is 30.8 Å². The molecule has 3 rings (SSSR count). The molecule has 0 amide bonds. The molecular formula is C15H6ClF6NO. The van der Waals surface area contributed by atoms with Crippen molar-refractivity contribution in [3.05, 3.63) is 52.5 Å². The lowest BCUT2D eigenvalue weighted by Gasteiger charge is -2.08. The third kappa shape index (κ3) is 2.93. The molecule has 0 aliphatic heterocycles. The van der Waals surface area contributed by atoms with Gasteiger partial charge in [0, 0.05) is 5.56 Å². The van der Waals surface area contributed by atoms with E-state index in [-0.39, 0.29) is 17.0 Å². The van der Waals surface area contributed by atoms with E-state index in [9.17, 15) is 26.3 Å². The van der Waals surface area contributed by atoms with Crippen molar-refractivity contribution in [2.45, 2.75) is 12.4 Å². The molecule has 0 radical (unpaired) electrons. The molecule has 0 saturated heterocycles. The number of hydrogen-bond acceptors (Lipinski definition) is 2. The van der Waals surface area contributed by atoms with Crippen molar-refractivity contribution in [1.29, 1.82) is 0 Å². The fraction of sp³-hybridized carbons (Fsp3) is 0.133. The second-order valence-electron chi connectivity index (χ2n) is 4.86. The van der Waals surface area contributed by atoms with Gasteiger partial charge in [0.1, 0.15) is 11.1 Å². The second-order valence-corrected chi connectivity index (χ2v) is 5.27. The molecule has 2 nitrogen and oxygen atoms in total. The molecule has 0 spiro atoms. The van der Waals surface area contributed by atoms with Crippen molar-refractivity contribution in [2.24, 2.45) is 0 Å². The molecule has 0 unspecified atom stereocenters. The van der Waals surface area contributed by atoms with Gasteiger partial charge in [0.25, 0.3) is 0 Å². The van der Waals surface area contributed by atoms with E-state index >= 15 is 0 Å². The maximum absolute atomic E-state index is 13.1. The molecule has 0 saturated carbocycles. The summed E-state index contributed by atoms with van der Waals surface area (Å²) in [5, 5.41) is -0.551. The Morgan fingerprint density at radius 3 is 2.00 bits per heavy atom. The molecule has 24 heavy (non-hydrogen) atoms. The van der Waals surface area contributed by atoms with Crippen molar-refractivity contribution in [3.63, 3.8) is 0 Å². The molecule has 9 heteroatoms. The van der Waals surface area contributed by atoms with Crippen LogP contribution in [0.5, 0.6) is 0 Å². The minimum Gasteiger partial charge on any atom is -0.435 e. The first-order valence-electron chi connectivity index (χ1n) is 6.41. The Morgan fingerprint density at radius 1 is 0.833 bits per heavy atom. The number of oxazole rings is 1. The Kier molecular flexibility index (Phi) is 3.75. The van der Waals surface area contributed by atoms with E-state index in [4.69, 9.17) is 16.0 Å². The third-order valence-corrected chi connectivity index (χ3v) is 3.56. The van der Waals surface area contributed by atoms with Gasteiger partial charge in [0.2, 0.25) is 5.89 Å². The zero-order chi connectivity index (χ0) is 17.7. The predicted octanol–water partition coefficient (Wildman–Crippen LogP) is 6.19. The van der Waals surface area contributed by atoms with E-state index < -0.39 is 34.1 Å². The van der Waals surface area contributed by atoms with Crippen LogP contribution in [0.2, 0.25) is 5.02 Å². The average molecular weight is 366 g/mol. The normalized spacial score (nSPS) is 12.8. The maximum Gasteiger partial charge on any atom is 0.421 e. The van der Waals surface area contributed by atoms with Crippen molar-refractivity contribution in [3.8, 4) is 11.5 Å². The van der Waals surface area contributed by atoms with Crippen LogP contribution in [0, 0.1) is 0 Å². The highest BCUT2D eigenvalue weighted by molar-refractivity contribution is 6.32. The summed E-state index contributed by atoms with van der Waals surface area (Å²) in [5.74, 6) is -0.230. The predicted molar refractivity (Wildman–Crippen MR) is 74.5 cm³/mol. The summed E-state index contributed by atoms with van der Waals surface area (Å²) >= 11 is 5.58. The molecule has 3 aromatic rings. The minimum absolute atomic E-state index is 0.0957. The van der Waals surface area contributed by atoms with Crippen LogP contribution >= 0.6 is 11.6 Å². The van der Waals surface area contributed by atoms with Gasteiger partial charge < -0.3 is 4.42 Å². The summed E-state index contributed by atoms with van der Waals surface area (Å²) < 4.78 is 82.0. The molecule has 0 aliphatic carbocycles. The quantitative estimate of drug-likeness (QED) is 0.481. The van der Waals surface area contributed by atoms with Crippen LogP contribution in [0.15, 0.2) is 40.8 Å². The maximum atomic E-state index is 13.1. The summed E-state index contributed by atoms with van der Waals surface area (Å²) in [7, 11) is 0. The summed E-state index contributed by atoms with van der Waals surface area (Å²) in [6.07, 6.45) is -9.27. The summed E-state index contributed by atoms with van der Waals surface area (Å²) in [4.78, 5) is 3.88. The molecule has 0 atom stereocenters. The number of hydrogen-bond donors (Lipinski definition) is 0. The largest absolute Gasteiger partial charge is 0.435 e. The number of benzene rings is 2. The Hall–Kier alpha value is -2.22. The number of halogens is 7. The number of aromatic nitrogens is 1. The molecule has 1 heterocycles. The van der Waals surface area contributed by atoms with Crippen LogP contribution in [0.3, 0.4) is 0 Å². The third-order valence-electron chi connectivity index (χ3n) is 3.25. The lowest BCUT2D eigenvalue weighted by atomic mass is 10.1. The van der Waals surface area contributed by atoms with E-state index in [1.54, 1.807) is 0 Å². The van der Waals surface area contributed by atoms with Gasteiger partial charge in [-0.25, -0.2) is 4.98 Å². The van der Waals surface area contributed by atoms with E-state index in [2.05, 4.69) is 4.98 Å². The van der Waals surface area contributed by atoms with Crippen molar-refractivity contribution >= 4 is 22.7 Å². The number of fused-ring (bicyclic) bond motifs is 1. The van der Waals surface area contributed by atoms with Crippen LogP contribution < -0.4 is 0 Å². The minimum atomic E-state index is -4.76. The first-order valence-corrected chi connectivity index (χ1v) is 6.79. The SMILES string of the molecule is FC(F)(F)c1ccc(-c2nc3ccc(Cl)c(C(F)(F)F)c3o2)cc1. The number of alkyl halides is 6. The molecule has 126 valence electrons. The zero-order valence-electron chi connectivity index (χ0n) is 11.5. The fourth-order valence-electron chi connectivity index (χ4n) is 2.16. The average Bonchev–Trinajstić information content (AvgIpc) is 2.88. The van der Waals surface area contributed by atoms with Crippen LogP contribution in [0.4, 0.5) is 26.3 Å². The van der Waals surface area contributed by atoms with Gasteiger partial charge in [-0.15, -0.1) is 0 Å². The highest BCUT2D eigenvalue weighted by Gasteiger charge is 2.37. The first kappa shape index (κ1) is 16.6. The summed E-state index contributed by atoms with van der Waals surface area (Å²) in [6.45, 7) is 0. The van der Waals surface area contributed by atoms with Gasteiger partial charge in [0.05, 0.1) is 10.6 Å². The van der Waals surface area contributed by atoms with Crippen molar-refractivity contribution in [1.82, 2.24) is 4.98 Å². The second kappa shape index (κ2) is 5.41. The van der Waals surface area contributed by atoms with Gasteiger partial charge >= 0.3 is 12.4 Å². The summed E-state index contributed by atoms with van der Waals surface area (Å²) in [5.41, 5.74) is -2.61. The molecule has 1 aromatic heterocycles. The van der Waals surface area contributed by atoms with Gasteiger partial charge in [-0.1, -0.05) is 11.6 Å². The molecule has 0 aliphatic rings. The molecule has 0 bridgehead atoms. The van der Waals surface area contributed by atoms with Crippen LogP contribution in [-0.4, -0.2) is 4.98 Å². The number of nitrogens with zero attached hydrogens (tertiary/aromatic N) is 1. The molecule has 0 fully saturated rings. The Morgan fingerprint density at radius 2 is 1.46 bits per heavy atom. The van der Waals surface area contributed by atoms with E-state index in [1.807, 2.05) is 0 Å². The zero-order valence-corrected chi connectivity index (χ0v) is 12.2. The van der Waals surface area contributed by atoms with Crippen molar-refractivity contribution in [2.75, 3.05) is 0 Å². The van der Waals surface area contributed by atoms with Crippen LogP contribution in [0.1, 0.15) is 11.1 Å². The van der Waals surface area contributed by atoms with E-state index in [0.29, 0.717) is 0 Å². The van der Waals surface area contributed by atoms with Crippen LogP contribution in [0.25, 0.3) is 22.6 Å². The Balaban J connectivity index is 2.12. The lowest BCUT2D eigenvalue weighted by molar-refractivity contribution is -0.138. The van der Waals surface area contributed by atoms with Gasteiger partial charge in [0.15, 0.2) is 5.58 Å². The smallest absolute Gasteiger partial charge is 0.421 e. The topological polar surface area (TPSA) is 26.0 Å². The highest BCUT2D eigenvalue weighted by Crippen LogP contribution is 2.41. The van der Waals surface area contributed by atoms with E-state index in [1.165, 1.54) is 6.07 Å². The number of rotatable bonds is 1. The summed E-state index contributed by atoms with van der Waals surface area (Å²) in [6, 6.07) is 6.00. The Bertz CT molecular complexity index is 895. The molecule has 0 N–H and O–H groups in total. The van der Waals surface area contributed by atoms with E-state index in [0.717, 1.165) is 30.3 Å². The molecule has 2 aromatic carbocycles. The molecular weight excluding hydrogens is 360 g/mol. The van der Waals surface area contributed by atoms with Gasteiger partial charge in [-0.3, -0.25) is 0 Å². The lowest BCUT2D eigenvalue weighted by Crippen LogP contribution is -2.06. The van der Waals surface area contributed by atoms with Gasteiger partial charge in [-0.05, 0) is 36.4 Å². The highest BCUT2D eigenvalue weighted by atomic mass is 35.5. The standard InChI is InChI=1S/C15H6ClF6NO/c16-9-5-6-10-12(11(9)15(20,21)22)24-13(23-10)7-1-3-8(4-2-7)14(17,18)19/h1-6H. The Labute approximate surface area is 135 Å².